The molecule has 2 heterocycles. The first-order valence-corrected chi connectivity index (χ1v) is 7.33. The zero-order chi connectivity index (χ0) is 16.2. The fourth-order valence-electron chi connectivity index (χ4n) is 2.27. The molecule has 0 radical (unpaired) electrons. The largest absolute Gasteiger partial charge is 0.494 e. The molecule has 6 heteroatoms. The Labute approximate surface area is 135 Å². The number of nitrogens with one attached hydrogen (secondary N) is 1. The summed E-state index contributed by atoms with van der Waals surface area (Å²) in [5, 5.41) is 3.30. The van der Waals surface area contributed by atoms with Gasteiger partial charge in [-0.25, -0.2) is 15.0 Å². The van der Waals surface area contributed by atoms with Gasteiger partial charge < -0.3 is 15.0 Å². The van der Waals surface area contributed by atoms with Gasteiger partial charge in [0.2, 0.25) is 0 Å². The van der Waals surface area contributed by atoms with Crippen molar-refractivity contribution in [2.75, 3.05) is 26.1 Å². The van der Waals surface area contributed by atoms with E-state index in [2.05, 4.69) is 20.3 Å². The van der Waals surface area contributed by atoms with E-state index >= 15 is 0 Å². The summed E-state index contributed by atoms with van der Waals surface area (Å²) in [5.41, 5.74) is 2.70. The highest BCUT2D eigenvalue weighted by Crippen LogP contribution is 2.34. The van der Waals surface area contributed by atoms with E-state index in [1.165, 1.54) is 0 Å². The molecule has 1 aliphatic rings. The predicted molar refractivity (Wildman–Crippen MR) is 91.6 cm³/mol. The number of hydrogen-bond acceptors (Lipinski definition) is 6. The van der Waals surface area contributed by atoms with Crippen molar-refractivity contribution in [3.8, 4) is 17.1 Å². The molecule has 1 aromatic carbocycles. The third-order valence-electron chi connectivity index (χ3n) is 3.45. The first-order chi connectivity index (χ1) is 11.2. The molecule has 0 saturated carbocycles. The number of ether oxygens (including phenoxy) is 1. The molecule has 0 amide bonds. The van der Waals surface area contributed by atoms with E-state index in [1.807, 2.05) is 49.3 Å². The first-order valence-electron chi connectivity index (χ1n) is 7.33. The number of methoxy groups -OCH3 is 1. The van der Waals surface area contributed by atoms with Crippen LogP contribution in [0.5, 0.6) is 5.75 Å². The van der Waals surface area contributed by atoms with Crippen molar-refractivity contribution < 1.29 is 4.74 Å². The molecule has 23 heavy (non-hydrogen) atoms. The van der Waals surface area contributed by atoms with E-state index in [9.17, 15) is 0 Å². The van der Waals surface area contributed by atoms with E-state index < -0.39 is 0 Å². The van der Waals surface area contributed by atoms with Crippen LogP contribution in [-0.2, 0) is 0 Å². The molecular weight excluding hydrogens is 290 g/mol. The van der Waals surface area contributed by atoms with Gasteiger partial charge in [-0.05, 0) is 30.7 Å². The van der Waals surface area contributed by atoms with Crippen molar-refractivity contribution in [2.45, 2.75) is 6.92 Å². The van der Waals surface area contributed by atoms with Gasteiger partial charge in [0.1, 0.15) is 12.5 Å². The van der Waals surface area contributed by atoms with Crippen LogP contribution in [0.1, 0.15) is 5.56 Å². The smallest absolute Gasteiger partial charge is 0.162 e. The summed E-state index contributed by atoms with van der Waals surface area (Å²) in [7, 11) is 3.62. The van der Waals surface area contributed by atoms with Crippen LogP contribution in [0, 0.1) is 6.92 Å². The normalized spacial score (nSPS) is 13.7. The number of aromatic nitrogens is 2. The molecule has 0 fully saturated rings. The zero-order valence-corrected chi connectivity index (χ0v) is 13.4. The Bertz CT molecular complexity index is 752. The lowest BCUT2D eigenvalue weighted by atomic mass is 10.1. The maximum absolute atomic E-state index is 5.59. The Morgan fingerprint density at radius 3 is 2.65 bits per heavy atom. The Hall–Kier alpha value is -2.89. The fourth-order valence-corrected chi connectivity index (χ4v) is 2.27. The number of aliphatic imine (C=N–C) groups is 1. The van der Waals surface area contributed by atoms with E-state index in [-0.39, 0.29) is 0 Å². The number of nitrogens with zero attached hydrogens (tertiary/aromatic N) is 4. The number of hydrogen-bond donors (Lipinski definition) is 1. The Balaban J connectivity index is 1.94. The SMILES string of the molecule is COc1c(NC2=NCN(C)C=C2)cccc1-c1ncc(C)cn1. The Morgan fingerprint density at radius 2 is 2.00 bits per heavy atom. The standard InChI is InChI=1S/C17H19N5O/c1-12-9-18-17(19-10-12)13-5-4-6-14(16(13)23-3)21-15-7-8-22(2)11-20-15/h4-10H,11H2,1-3H3,(H,20,21). The van der Waals surface area contributed by atoms with Crippen LogP contribution in [0.2, 0.25) is 0 Å². The number of rotatable bonds is 3. The van der Waals surface area contributed by atoms with Gasteiger partial charge in [0.15, 0.2) is 11.6 Å². The second kappa shape index (κ2) is 6.48. The molecule has 0 unspecified atom stereocenters. The van der Waals surface area contributed by atoms with Crippen molar-refractivity contribution in [2.24, 2.45) is 4.99 Å². The fraction of sp³-hybridized carbons (Fsp3) is 0.235. The molecule has 0 bridgehead atoms. The number of benzene rings is 1. The summed E-state index contributed by atoms with van der Waals surface area (Å²) in [5.74, 6) is 2.13. The van der Waals surface area contributed by atoms with Crippen LogP contribution < -0.4 is 10.1 Å². The second-order valence-corrected chi connectivity index (χ2v) is 5.35. The van der Waals surface area contributed by atoms with Gasteiger partial charge in [0.25, 0.3) is 0 Å². The molecule has 0 atom stereocenters. The van der Waals surface area contributed by atoms with Crippen molar-refractivity contribution in [1.29, 1.82) is 0 Å². The highest BCUT2D eigenvalue weighted by molar-refractivity contribution is 6.05. The summed E-state index contributed by atoms with van der Waals surface area (Å²) in [4.78, 5) is 15.2. The molecular formula is C17H19N5O. The number of anilines is 1. The van der Waals surface area contributed by atoms with Crippen LogP contribution in [0.4, 0.5) is 5.69 Å². The van der Waals surface area contributed by atoms with E-state index in [0.717, 1.165) is 22.6 Å². The lowest BCUT2D eigenvalue weighted by Gasteiger charge is -2.19. The minimum Gasteiger partial charge on any atom is -0.494 e. The second-order valence-electron chi connectivity index (χ2n) is 5.35. The number of amidine groups is 1. The van der Waals surface area contributed by atoms with Gasteiger partial charge in [0, 0.05) is 25.6 Å². The Kier molecular flexibility index (Phi) is 4.23. The quantitative estimate of drug-likeness (QED) is 0.944. The molecule has 6 nitrogen and oxygen atoms in total. The van der Waals surface area contributed by atoms with Crippen LogP contribution in [0.3, 0.4) is 0 Å². The van der Waals surface area contributed by atoms with Gasteiger partial charge in [-0.15, -0.1) is 0 Å². The van der Waals surface area contributed by atoms with E-state index in [0.29, 0.717) is 18.2 Å². The van der Waals surface area contributed by atoms with Gasteiger partial charge >= 0.3 is 0 Å². The third kappa shape index (κ3) is 3.31. The van der Waals surface area contributed by atoms with Gasteiger partial charge in [-0.3, -0.25) is 0 Å². The predicted octanol–water partition coefficient (Wildman–Crippen LogP) is 2.69. The molecule has 118 valence electrons. The first kappa shape index (κ1) is 15.0. The lowest BCUT2D eigenvalue weighted by Crippen LogP contribution is -2.21. The molecule has 3 rings (SSSR count). The summed E-state index contributed by atoms with van der Waals surface area (Å²) in [6.45, 7) is 2.59. The highest BCUT2D eigenvalue weighted by Gasteiger charge is 2.14. The average molecular weight is 309 g/mol. The Morgan fingerprint density at radius 1 is 1.22 bits per heavy atom. The molecule has 1 N–H and O–H groups in total. The molecule has 1 aromatic heterocycles. The number of para-hydroxylation sites is 1. The lowest BCUT2D eigenvalue weighted by molar-refractivity contribution is 0.418. The summed E-state index contributed by atoms with van der Waals surface area (Å²) in [6, 6.07) is 5.84. The molecule has 1 aliphatic heterocycles. The van der Waals surface area contributed by atoms with E-state index in [4.69, 9.17) is 4.74 Å². The minimum absolute atomic E-state index is 0.627. The van der Waals surface area contributed by atoms with Crippen molar-refractivity contribution in [3.05, 3.63) is 48.4 Å². The van der Waals surface area contributed by atoms with Crippen molar-refractivity contribution in [1.82, 2.24) is 14.9 Å². The average Bonchev–Trinajstić information content (AvgIpc) is 2.57. The van der Waals surface area contributed by atoms with Gasteiger partial charge in [0.05, 0.1) is 18.4 Å². The molecule has 0 aliphatic carbocycles. The topological polar surface area (TPSA) is 62.6 Å². The molecule has 2 aromatic rings. The van der Waals surface area contributed by atoms with Gasteiger partial charge in [-0.2, -0.15) is 0 Å². The molecule has 0 saturated heterocycles. The van der Waals surface area contributed by atoms with Gasteiger partial charge in [-0.1, -0.05) is 6.07 Å². The maximum Gasteiger partial charge on any atom is 0.162 e. The summed E-state index contributed by atoms with van der Waals surface area (Å²) >= 11 is 0. The molecule has 0 spiro atoms. The monoisotopic (exact) mass is 309 g/mol. The van der Waals surface area contributed by atoms with Crippen molar-refractivity contribution >= 4 is 11.5 Å². The zero-order valence-electron chi connectivity index (χ0n) is 13.4. The summed E-state index contributed by atoms with van der Waals surface area (Å²) in [6.07, 6.45) is 7.50. The van der Waals surface area contributed by atoms with Crippen LogP contribution in [-0.4, -0.2) is 41.5 Å². The third-order valence-corrected chi connectivity index (χ3v) is 3.45. The number of aryl methyl sites for hydroxylation is 1. The van der Waals surface area contributed by atoms with Crippen molar-refractivity contribution in [3.63, 3.8) is 0 Å². The van der Waals surface area contributed by atoms with Crippen LogP contribution in [0.15, 0.2) is 47.9 Å². The highest BCUT2D eigenvalue weighted by atomic mass is 16.5. The van der Waals surface area contributed by atoms with Crippen LogP contribution in [0.25, 0.3) is 11.4 Å². The summed E-state index contributed by atoms with van der Waals surface area (Å²) < 4.78 is 5.59. The van der Waals surface area contributed by atoms with Crippen LogP contribution >= 0.6 is 0 Å². The minimum atomic E-state index is 0.627. The van der Waals surface area contributed by atoms with E-state index in [1.54, 1.807) is 19.5 Å². The maximum atomic E-state index is 5.59.